The SMILES string of the molecule is CCOc1cc(C)c(C=C2C(=O)c3ccccc3C2=O)cc1C(C)C. The number of aryl methyl sites for hydroxylation is 1. The fraction of sp³-hybridized carbons (Fsp3) is 0.273. The molecule has 0 saturated carbocycles. The van der Waals surface area contributed by atoms with Crippen molar-refractivity contribution in [1.29, 1.82) is 0 Å². The van der Waals surface area contributed by atoms with Gasteiger partial charge in [-0.15, -0.1) is 0 Å². The Morgan fingerprint density at radius 3 is 2.16 bits per heavy atom. The molecule has 0 aromatic heterocycles. The number of hydrogen-bond donors (Lipinski definition) is 0. The van der Waals surface area contributed by atoms with E-state index < -0.39 is 0 Å². The lowest BCUT2D eigenvalue weighted by Gasteiger charge is -2.16. The van der Waals surface area contributed by atoms with Gasteiger partial charge in [0, 0.05) is 11.1 Å². The highest BCUT2D eigenvalue weighted by atomic mass is 16.5. The third kappa shape index (κ3) is 3.02. The fourth-order valence-corrected chi connectivity index (χ4v) is 3.16. The highest BCUT2D eigenvalue weighted by molar-refractivity contribution is 6.41. The molecule has 0 amide bonds. The third-order valence-electron chi connectivity index (χ3n) is 4.53. The summed E-state index contributed by atoms with van der Waals surface area (Å²) < 4.78 is 5.74. The van der Waals surface area contributed by atoms with E-state index in [4.69, 9.17) is 4.74 Å². The van der Waals surface area contributed by atoms with Crippen molar-refractivity contribution in [2.45, 2.75) is 33.6 Å². The van der Waals surface area contributed by atoms with E-state index in [1.165, 1.54) is 0 Å². The van der Waals surface area contributed by atoms with Crippen LogP contribution in [-0.4, -0.2) is 18.2 Å². The van der Waals surface area contributed by atoms with Gasteiger partial charge in [0.2, 0.25) is 0 Å². The lowest BCUT2D eigenvalue weighted by molar-refractivity contribution is 0.0990. The van der Waals surface area contributed by atoms with Crippen molar-refractivity contribution >= 4 is 17.6 Å². The van der Waals surface area contributed by atoms with Crippen LogP contribution in [-0.2, 0) is 0 Å². The minimum atomic E-state index is -0.194. The predicted octanol–water partition coefficient (Wildman–Crippen LogP) is 4.98. The largest absolute Gasteiger partial charge is 0.494 e. The molecule has 128 valence electrons. The van der Waals surface area contributed by atoms with Crippen LogP contribution in [0.15, 0.2) is 42.0 Å². The Kier molecular flexibility index (Phi) is 4.58. The number of carbonyl (C=O) groups excluding carboxylic acids is 2. The highest BCUT2D eigenvalue weighted by Gasteiger charge is 2.32. The van der Waals surface area contributed by atoms with E-state index >= 15 is 0 Å². The molecule has 3 heteroatoms. The molecule has 2 aromatic rings. The van der Waals surface area contributed by atoms with Gasteiger partial charge in [-0.1, -0.05) is 38.1 Å². The van der Waals surface area contributed by atoms with Gasteiger partial charge in [0.15, 0.2) is 11.6 Å². The second-order valence-corrected chi connectivity index (χ2v) is 6.60. The summed E-state index contributed by atoms with van der Waals surface area (Å²) in [5.41, 5.74) is 4.17. The van der Waals surface area contributed by atoms with Crippen molar-refractivity contribution < 1.29 is 14.3 Å². The van der Waals surface area contributed by atoms with Crippen LogP contribution >= 0.6 is 0 Å². The van der Waals surface area contributed by atoms with Crippen LogP contribution in [0.3, 0.4) is 0 Å². The summed E-state index contributed by atoms with van der Waals surface area (Å²) in [6, 6.07) is 11.0. The Labute approximate surface area is 148 Å². The van der Waals surface area contributed by atoms with E-state index in [2.05, 4.69) is 13.8 Å². The van der Waals surface area contributed by atoms with Crippen LogP contribution in [0.4, 0.5) is 0 Å². The summed E-state index contributed by atoms with van der Waals surface area (Å²) in [7, 11) is 0. The molecule has 1 aliphatic rings. The smallest absolute Gasteiger partial charge is 0.197 e. The first-order valence-corrected chi connectivity index (χ1v) is 8.61. The van der Waals surface area contributed by atoms with E-state index in [9.17, 15) is 9.59 Å². The molecule has 0 N–H and O–H groups in total. The Balaban J connectivity index is 2.09. The third-order valence-corrected chi connectivity index (χ3v) is 4.53. The van der Waals surface area contributed by atoms with Gasteiger partial charge in [0.1, 0.15) is 5.75 Å². The van der Waals surface area contributed by atoms with Crippen molar-refractivity contribution in [2.75, 3.05) is 6.61 Å². The van der Waals surface area contributed by atoms with Gasteiger partial charge < -0.3 is 4.74 Å². The van der Waals surface area contributed by atoms with E-state index in [0.717, 1.165) is 22.4 Å². The molecule has 0 heterocycles. The molecule has 2 aromatic carbocycles. The van der Waals surface area contributed by atoms with Crippen LogP contribution < -0.4 is 4.74 Å². The van der Waals surface area contributed by atoms with E-state index in [1.807, 2.05) is 26.0 Å². The van der Waals surface area contributed by atoms with Gasteiger partial charge in [-0.25, -0.2) is 0 Å². The lowest BCUT2D eigenvalue weighted by atomic mass is 9.94. The zero-order valence-corrected chi connectivity index (χ0v) is 15.1. The number of fused-ring (bicyclic) bond motifs is 1. The molecule has 0 bridgehead atoms. The summed E-state index contributed by atoms with van der Waals surface area (Å²) in [6.45, 7) is 8.74. The number of benzene rings is 2. The zero-order chi connectivity index (χ0) is 18.1. The molecule has 25 heavy (non-hydrogen) atoms. The lowest BCUT2D eigenvalue weighted by Crippen LogP contribution is -2.03. The summed E-state index contributed by atoms with van der Waals surface area (Å²) in [6.07, 6.45) is 1.72. The number of allylic oxidation sites excluding steroid dienone is 1. The highest BCUT2D eigenvalue weighted by Crippen LogP contribution is 2.33. The normalized spacial score (nSPS) is 13.4. The molecule has 1 aliphatic carbocycles. The van der Waals surface area contributed by atoms with Gasteiger partial charge in [0.05, 0.1) is 12.2 Å². The van der Waals surface area contributed by atoms with Crippen LogP contribution in [0, 0.1) is 6.92 Å². The molecule has 3 nitrogen and oxygen atoms in total. The molecule has 0 atom stereocenters. The van der Waals surface area contributed by atoms with Crippen LogP contribution in [0.25, 0.3) is 6.08 Å². The van der Waals surface area contributed by atoms with Gasteiger partial charge in [-0.3, -0.25) is 9.59 Å². The molecule has 0 fully saturated rings. The van der Waals surface area contributed by atoms with Gasteiger partial charge in [-0.2, -0.15) is 0 Å². The molecular weight excluding hydrogens is 312 g/mol. The Bertz CT molecular complexity index is 851. The average Bonchev–Trinajstić information content (AvgIpc) is 2.82. The minimum Gasteiger partial charge on any atom is -0.494 e. The second-order valence-electron chi connectivity index (χ2n) is 6.60. The van der Waals surface area contributed by atoms with Crippen molar-refractivity contribution in [1.82, 2.24) is 0 Å². The molecule has 0 saturated heterocycles. The second kappa shape index (κ2) is 6.67. The Hall–Kier alpha value is -2.68. The van der Waals surface area contributed by atoms with E-state index in [-0.39, 0.29) is 23.1 Å². The predicted molar refractivity (Wildman–Crippen MR) is 99.5 cm³/mol. The number of ketones is 2. The number of hydrogen-bond acceptors (Lipinski definition) is 3. The van der Waals surface area contributed by atoms with Gasteiger partial charge in [-0.05, 0) is 54.7 Å². The van der Waals surface area contributed by atoms with Crippen molar-refractivity contribution in [3.63, 3.8) is 0 Å². The van der Waals surface area contributed by atoms with Crippen LogP contribution in [0.2, 0.25) is 0 Å². The summed E-state index contributed by atoms with van der Waals surface area (Å²) in [4.78, 5) is 25.2. The topological polar surface area (TPSA) is 43.4 Å². The maximum absolute atomic E-state index is 12.6. The zero-order valence-electron chi connectivity index (χ0n) is 15.1. The maximum atomic E-state index is 12.6. The molecular formula is C22H22O3. The fourth-order valence-electron chi connectivity index (χ4n) is 3.16. The monoisotopic (exact) mass is 334 g/mol. The number of ether oxygens (including phenoxy) is 1. The molecule has 0 radical (unpaired) electrons. The number of carbonyl (C=O) groups is 2. The van der Waals surface area contributed by atoms with Gasteiger partial charge >= 0.3 is 0 Å². The first-order chi connectivity index (χ1) is 11.9. The summed E-state index contributed by atoms with van der Waals surface area (Å²) in [5.74, 6) is 0.760. The molecule has 0 aliphatic heterocycles. The van der Waals surface area contributed by atoms with Gasteiger partial charge in [0.25, 0.3) is 0 Å². The minimum absolute atomic E-state index is 0.194. The average molecular weight is 334 g/mol. The Morgan fingerprint density at radius 2 is 1.64 bits per heavy atom. The number of rotatable bonds is 4. The summed E-state index contributed by atoms with van der Waals surface area (Å²) >= 11 is 0. The Morgan fingerprint density at radius 1 is 1.04 bits per heavy atom. The van der Waals surface area contributed by atoms with Crippen molar-refractivity contribution in [3.8, 4) is 5.75 Å². The summed E-state index contributed by atoms with van der Waals surface area (Å²) in [5, 5.41) is 0. The first-order valence-electron chi connectivity index (χ1n) is 8.61. The van der Waals surface area contributed by atoms with E-state index in [0.29, 0.717) is 17.7 Å². The standard InChI is InChI=1S/C22H22O3/c1-5-25-20-10-14(4)15(11-18(20)13(2)3)12-19-21(23)16-8-6-7-9-17(16)22(19)24/h6-13H,5H2,1-4H3. The van der Waals surface area contributed by atoms with Crippen molar-refractivity contribution in [2.24, 2.45) is 0 Å². The first kappa shape index (κ1) is 17.2. The molecule has 0 spiro atoms. The van der Waals surface area contributed by atoms with Crippen molar-refractivity contribution in [3.05, 3.63) is 69.8 Å². The molecule has 0 unspecified atom stereocenters. The molecule has 3 rings (SSSR count). The van der Waals surface area contributed by atoms with Crippen LogP contribution in [0.1, 0.15) is 64.1 Å². The number of Topliss-reactive ketones (excluding diaryl/α,β-unsaturated/α-hetero) is 2. The van der Waals surface area contributed by atoms with E-state index in [1.54, 1.807) is 30.3 Å². The maximum Gasteiger partial charge on any atom is 0.197 e. The van der Waals surface area contributed by atoms with Crippen LogP contribution in [0.5, 0.6) is 5.75 Å². The quantitative estimate of drug-likeness (QED) is 0.585.